The van der Waals surface area contributed by atoms with E-state index in [1.165, 1.54) is 0 Å². The minimum Gasteiger partial charge on any atom is -0.399 e. The minimum absolute atomic E-state index is 0.183. The lowest BCUT2D eigenvalue weighted by Gasteiger charge is -2.21. The van der Waals surface area contributed by atoms with E-state index in [1.54, 1.807) is 0 Å². The Balaban J connectivity index is 2.28. The molecule has 90 valence electrons. The average Bonchev–Trinajstić information content (AvgIpc) is 2.30. The number of piperidine rings is 1. The molecule has 1 fully saturated rings. The third-order valence-corrected chi connectivity index (χ3v) is 3.19. The van der Waals surface area contributed by atoms with E-state index in [2.05, 4.69) is 5.32 Å². The zero-order valence-corrected chi connectivity index (χ0v) is 9.82. The molecule has 0 radical (unpaired) electrons. The molecule has 2 rings (SSSR count). The van der Waals surface area contributed by atoms with Gasteiger partial charge < -0.3 is 5.73 Å². The van der Waals surface area contributed by atoms with Crippen molar-refractivity contribution in [2.24, 2.45) is 0 Å². The van der Waals surface area contributed by atoms with Crippen LogP contribution in [-0.4, -0.2) is 11.8 Å². The number of hydrogen-bond donors (Lipinski definition) is 2. The van der Waals surface area contributed by atoms with E-state index in [0.29, 0.717) is 12.8 Å². The molecule has 17 heavy (non-hydrogen) atoms. The van der Waals surface area contributed by atoms with Gasteiger partial charge >= 0.3 is 0 Å². The summed E-state index contributed by atoms with van der Waals surface area (Å²) in [7, 11) is 0. The molecule has 0 bridgehead atoms. The smallest absolute Gasteiger partial charge is 0.234 e. The van der Waals surface area contributed by atoms with Crippen LogP contribution in [0, 0.1) is 0 Å². The zero-order valence-electron chi connectivity index (χ0n) is 9.82. The van der Waals surface area contributed by atoms with Crippen molar-refractivity contribution in [1.82, 2.24) is 5.32 Å². The number of nitrogens with one attached hydrogen (secondary N) is 1. The quantitative estimate of drug-likeness (QED) is 0.597. The number of aryl methyl sites for hydroxylation is 1. The van der Waals surface area contributed by atoms with E-state index >= 15 is 0 Å². The van der Waals surface area contributed by atoms with Crippen LogP contribution in [0.25, 0.3) is 0 Å². The molecule has 1 aliphatic rings. The van der Waals surface area contributed by atoms with Gasteiger partial charge in [0.2, 0.25) is 11.8 Å². The Hall–Kier alpha value is -1.84. The topological polar surface area (TPSA) is 72.2 Å². The third-order valence-electron chi connectivity index (χ3n) is 3.19. The van der Waals surface area contributed by atoms with Crippen molar-refractivity contribution in [1.29, 1.82) is 0 Å². The van der Waals surface area contributed by atoms with Crippen LogP contribution in [0.2, 0.25) is 0 Å². The van der Waals surface area contributed by atoms with E-state index in [4.69, 9.17) is 5.73 Å². The molecule has 1 aromatic rings. The average molecular weight is 232 g/mol. The molecule has 0 aliphatic carbocycles. The molecule has 0 spiro atoms. The van der Waals surface area contributed by atoms with Crippen LogP contribution in [0.5, 0.6) is 0 Å². The van der Waals surface area contributed by atoms with Crippen LogP contribution < -0.4 is 11.1 Å². The summed E-state index contributed by atoms with van der Waals surface area (Å²) < 4.78 is 0. The normalized spacial score (nSPS) is 20.2. The molecule has 1 aromatic carbocycles. The number of anilines is 1. The maximum absolute atomic E-state index is 11.7. The van der Waals surface area contributed by atoms with Crippen molar-refractivity contribution in [3.8, 4) is 0 Å². The predicted octanol–water partition coefficient (Wildman–Crippen LogP) is 1.35. The Morgan fingerprint density at radius 2 is 2.18 bits per heavy atom. The first-order valence-corrected chi connectivity index (χ1v) is 5.83. The largest absolute Gasteiger partial charge is 0.399 e. The summed E-state index contributed by atoms with van der Waals surface area (Å²) in [5.74, 6) is -0.607. The molecule has 1 heterocycles. The number of carbonyl (C=O) groups excluding carboxylic acids is 2. The summed E-state index contributed by atoms with van der Waals surface area (Å²) >= 11 is 0. The second kappa shape index (κ2) is 4.57. The zero-order chi connectivity index (χ0) is 12.4. The van der Waals surface area contributed by atoms with Gasteiger partial charge in [-0.3, -0.25) is 14.9 Å². The van der Waals surface area contributed by atoms with Crippen LogP contribution in [0.1, 0.15) is 36.8 Å². The van der Waals surface area contributed by atoms with Gasteiger partial charge in [-0.15, -0.1) is 0 Å². The summed E-state index contributed by atoms with van der Waals surface area (Å²) in [6.45, 7) is 2.03. The van der Waals surface area contributed by atoms with Crippen molar-refractivity contribution in [3.63, 3.8) is 0 Å². The number of carbonyl (C=O) groups is 2. The van der Waals surface area contributed by atoms with E-state index in [1.807, 2.05) is 25.1 Å². The van der Waals surface area contributed by atoms with Gasteiger partial charge in [0, 0.05) is 12.1 Å². The van der Waals surface area contributed by atoms with E-state index in [-0.39, 0.29) is 17.7 Å². The number of hydrogen-bond acceptors (Lipinski definition) is 3. The van der Waals surface area contributed by atoms with E-state index in [9.17, 15) is 9.59 Å². The monoisotopic (exact) mass is 232 g/mol. The van der Waals surface area contributed by atoms with Crippen LogP contribution in [0.4, 0.5) is 5.69 Å². The van der Waals surface area contributed by atoms with Gasteiger partial charge in [-0.1, -0.05) is 19.1 Å². The lowest BCUT2D eigenvalue weighted by atomic mass is 9.89. The summed E-state index contributed by atoms with van der Waals surface area (Å²) in [6, 6.07) is 5.67. The van der Waals surface area contributed by atoms with Crippen molar-refractivity contribution >= 4 is 17.5 Å². The summed E-state index contributed by atoms with van der Waals surface area (Å²) in [6.07, 6.45) is 1.83. The molecule has 2 amide bonds. The number of rotatable bonds is 2. The Morgan fingerprint density at radius 1 is 1.41 bits per heavy atom. The SMILES string of the molecule is CCc1cc(C2CCC(=O)NC2=O)ccc1N. The summed E-state index contributed by atoms with van der Waals surface area (Å²) in [5, 5.41) is 2.37. The first-order chi connectivity index (χ1) is 8.11. The van der Waals surface area contributed by atoms with Crippen molar-refractivity contribution in [2.45, 2.75) is 32.1 Å². The van der Waals surface area contributed by atoms with Crippen LogP contribution in [0.15, 0.2) is 18.2 Å². The molecule has 1 atom stereocenters. The Labute approximate surface area is 100 Å². The Bertz CT molecular complexity index is 468. The maximum Gasteiger partial charge on any atom is 0.234 e. The maximum atomic E-state index is 11.7. The number of nitrogen functional groups attached to an aromatic ring is 1. The molecule has 0 aromatic heterocycles. The van der Waals surface area contributed by atoms with Crippen molar-refractivity contribution in [2.75, 3.05) is 5.73 Å². The Morgan fingerprint density at radius 3 is 2.82 bits per heavy atom. The minimum atomic E-state index is -0.224. The van der Waals surface area contributed by atoms with Crippen molar-refractivity contribution < 1.29 is 9.59 Å². The molecule has 1 saturated heterocycles. The molecular weight excluding hydrogens is 216 g/mol. The Kier molecular flexibility index (Phi) is 3.13. The van der Waals surface area contributed by atoms with Gasteiger partial charge in [0.25, 0.3) is 0 Å². The molecule has 0 saturated carbocycles. The van der Waals surface area contributed by atoms with Crippen LogP contribution in [0.3, 0.4) is 0 Å². The highest BCUT2D eigenvalue weighted by molar-refractivity contribution is 6.00. The van der Waals surface area contributed by atoms with Gasteiger partial charge in [-0.25, -0.2) is 0 Å². The fourth-order valence-corrected chi connectivity index (χ4v) is 2.16. The highest BCUT2D eigenvalue weighted by Crippen LogP contribution is 2.27. The van der Waals surface area contributed by atoms with Crippen molar-refractivity contribution in [3.05, 3.63) is 29.3 Å². The molecule has 1 unspecified atom stereocenters. The van der Waals surface area contributed by atoms with Gasteiger partial charge in [-0.2, -0.15) is 0 Å². The number of amides is 2. The number of benzene rings is 1. The number of nitrogens with two attached hydrogens (primary N) is 1. The lowest BCUT2D eigenvalue weighted by molar-refractivity contribution is -0.134. The molecular formula is C13H16N2O2. The second-order valence-corrected chi connectivity index (χ2v) is 4.32. The number of imide groups is 1. The highest BCUT2D eigenvalue weighted by atomic mass is 16.2. The fourth-order valence-electron chi connectivity index (χ4n) is 2.16. The van der Waals surface area contributed by atoms with Gasteiger partial charge in [0.1, 0.15) is 0 Å². The standard InChI is InChI=1S/C13H16N2O2/c1-2-8-7-9(3-5-11(8)14)10-4-6-12(16)15-13(10)17/h3,5,7,10H,2,4,6,14H2,1H3,(H,15,16,17). The predicted molar refractivity (Wildman–Crippen MR) is 65.4 cm³/mol. The lowest BCUT2D eigenvalue weighted by Crippen LogP contribution is -2.39. The summed E-state index contributed by atoms with van der Waals surface area (Å²) in [5.41, 5.74) is 8.58. The van der Waals surface area contributed by atoms with E-state index in [0.717, 1.165) is 23.2 Å². The second-order valence-electron chi connectivity index (χ2n) is 4.32. The van der Waals surface area contributed by atoms with Gasteiger partial charge in [0.05, 0.1) is 5.92 Å². The molecule has 4 heteroatoms. The summed E-state index contributed by atoms with van der Waals surface area (Å²) in [4.78, 5) is 22.8. The van der Waals surface area contributed by atoms with Crippen LogP contribution in [-0.2, 0) is 16.0 Å². The molecule has 4 nitrogen and oxygen atoms in total. The highest BCUT2D eigenvalue weighted by Gasteiger charge is 2.27. The van der Waals surface area contributed by atoms with E-state index < -0.39 is 0 Å². The van der Waals surface area contributed by atoms with Gasteiger partial charge in [0.15, 0.2) is 0 Å². The first-order valence-electron chi connectivity index (χ1n) is 5.83. The fraction of sp³-hybridized carbons (Fsp3) is 0.385. The first kappa shape index (κ1) is 11.6. The molecule has 3 N–H and O–H groups in total. The third kappa shape index (κ3) is 2.30. The van der Waals surface area contributed by atoms with Crippen LogP contribution >= 0.6 is 0 Å². The van der Waals surface area contributed by atoms with Gasteiger partial charge in [-0.05, 0) is 30.0 Å². The molecule has 1 aliphatic heterocycles.